The van der Waals surface area contributed by atoms with Gasteiger partial charge in [-0.1, -0.05) is 18.2 Å². The molecule has 0 aromatic heterocycles. The Morgan fingerprint density at radius 2 is 2.08 bits per heavy atom. The van der Waals surface area contributed by atoms with Gasteiger partial charge in [-0.05, 0) is 30.5 Å². The first-order chi connectivity index (χ1) is 6.27. The summed E-state index contributed by atoms with van der Waals surface area (Å²) in [5.41, 5.74) is 5.88. The van der Waals surface area contributed by atoms with Gasteiger partial charge in [-0.25, -0.2) is 0 Å². The second-order valence-electron chi connectivity index (χ2n) is 3.29. The fourth-order valence-corrected chi connectivity index (χ4v) is 2.01. The van der Waals surface area contributed by atoms with Gasteiger partial charge in [0.2, 0.25) is 0 Å². The minimum absolute atomic E-state index is 1.02. The normalized spacial score (nSPS) is 16.8. The predicted octanol–water partition coefficient (Wildman–Crippen LogP) is 2.96. The largest absolute Gasteiger partial charge is 0.271 e. The Bertz CT molecular complexity index is 344. The van der Waals surface area contributed by atoms with E-state index in [-0.39, 0.29) is 0 Å². The van der Waals surface area contributed by atoms with Crippen LogP contribution >= 0.6 is 11.8 Å². The molecule has 1 aromatic rings. The van der Waals surface area contributed by atoms with Gasteiger partial charge in [0.05, 0.1) is 5.55 Å². The molecule has 1 aromatic carbocycles. The van der Waals surface area contributed by atoms with Gasteiger partial charge < -0.3 is 0 Å². The van der Waals surface area contributed by atoms with Gasteiger partial charge in [0.1, 0.15) is 6.04 Å². The zero-order chi connectivity index (χ0) is 9.26. The van der Waals surface area contributed by atoms with Crippen molar-refractivity contribution in [3.63, 3.8) is 0 Å². The number of rotatable bonds is 1. The molecule has 0 saturated carbocycles. The van der Waals surface area contributed by atoms with E-state index in [0.29, 0.717) is 0 Å². The van der Waals surface area contributed by atoms with Crippen molar-refractivity contribution in [2.45, 2.75) is 13.8 Å². The Morgan fingerprint density at radius 3 is 2.69 bits per heavy atom. The van der Waals surface area contributed by atoms with E-state index < -0.39 is 0 Å². The summed E-state index contributed by atoms with van der Waals surface area (Å²) in [6, 6.07) is 7.73. The molecule has 67 valence electrons. The summed E-state index contributed by atoms with van der Waals surface area (Å²) in [5.74, 6) is 1.02. The quantitative estimate of drug-likeness (QED) is 0.663. The highest BCUT2D eigenvalue weighted by molar-refractivity contribution is 8.12. The SMILES string of the molecule is Cc1ccc([C]2CSC=N2)cc1C. The van der Waals surface area contributed by atoms with Crippen LogP contribution in [0, 0.1) is 19.9 Å². The summed E-state index contributed by atoms with van der Waals surface area (Å²) in [6.45, 7) is 4.28. The molecular weight excluding hydrogens is 178 g/mol. The molecule has 1 aliphatic heterocycles. The van der Waals surface area contributed by atoms with E-state index >= 15 is 0 Å². The summed E-state index contributed by atoms with van der Waals surface area (Å²) in [5, 5.41) is 0. The van der Waals surface area contributed by atoms with Crippen molar-refractivity contribution in [1.29, 1.82) is 0 Å². The van der Waals surface area contributed by atoms with Crippen molar-refractivity contribution >= 4 is 17.3 Å². The second kappa shape index (κ2) is 3.54. The van der Waals surface area contributed by atoms with Crippen LogP contribution in [0.5, 0.6) is 0 Å². The third kappa shape index (κ3) is 1.78. The van der Waals surface area contributed by atoms with E-state index in [2.05, 4.69) is 37.0 Å². The zero-order valence-corrected chi connectivity index (χ0v) is 8.69. The first kappa shape index (κ1) is 8.82. The predicted molar refractivity (Wildman–Crippen MR) is 59.2 cm³/mol. The van der Waals surface area contributed by atoms with Gasteiger partial charge in [-0.3, -0.25) is 4.99 Å². The smallest absolute Gasteiger partial charge is 0.126 e. The molecule has 1 radical (unpaired) electrons. The lowest BCUT2D eigenvalue weighted by Gasteiger charge is -2.07. The molecule has 0 atom stereocenters. The van der Waals surface area contributed by atoms with Crippen LogP contribution in [0.1, 0.15) is 16.7 Å². The van der Waals surface area contributed by atoms with Crippen molar-refractivity contribution < 1.29 is 0 Å². The second-order valence-corrected chi connectivity index (χ2v) is 4.12. The van der Waals surface area contributed by atoms with Crippen molar-refractivity contribution in [1.82, 2.24) is 0 Å². The van der Waals surface area contributed by atoms with Gasteiger partial charge in [0.15, 0.2) is 0 Å². The van der Waals surface area contributed by atoms with Gasteiger partial charge >= 0.3 is 0 Å². The highest BCUT2D eigenvalue weighted by Gasteiger charge is 2.14. The van der Waals surface area contributed by atoms with Crippen LogP contribution < -0.4 is 0 Å². The molecule has 2 rings (SSSR count). The third-order valence-electron chi connectivity index (χ3n) is 2.34. The molecular formula is C11H12NS. The van der Waals surface area contributed by atoms with Crippen molar-refractivity contribution in [2.75, 3.05) is 5.75 Å². The van der Waals surface area contributed by atoms with Crippen molar-refractivity contribution in [3.05, 3.63) is 40.9 Å². The van der Waals surface area contributed by atoms with E-state index in [1.807, 2.05) is 5.55 Å². The molecule has 0 saturated heterocycles. The number of aliphatic imine (C=N–C) groups is 1. The third-order valence-corrected chi connectivity index (χ3v) is 3.04. The zero-order valence-electron chi connectivity index (χ0n) is 7.87. The lowest BCUT2D eigenvalue weighted by molar-refractivity contribution is 1.12. The fourth-order valence-electron chi connectivity index (χ4n) is 1.33. The van der Waals surface area contributed by atoms with Gasteiger partial charge in [-0.15, -0.1) is 11.8 Å². The Balaban J connectivity index is 2.30. The van der Waals surface area contributed by atoms with Crippen LogP contribution in [0.25, 0.3) is 0 Å². The molecule has 0 aliphatic carbocycles. The molecule has 0 N–H and O–H groups in total. The average molecular weight is 190 g/mol. The Hall–Kier alpha value is -0.760. The summed E-state index contributed by atoms with van der Waals surface area (Å²) < 4.78 is 0. The molecule has 0 fully saturated rings. The Morgan fingerprint density at radius 1 is 1.23 bits per heavy atom. The van der Waals surface area contributed by atoms with E-state index in [1.54, 1.807) is 11.8 Å². The van der Waals surface area contributed by atoms with Crippen LogP contribution in [0.2, 0.25) is 0 Å². The molecule has 13 heavy (non-hydrogen) atoms. The summed E-state index contributed by atoms with van der Waals surface area (Å²) in [6.07, 6.45) is 0. The van der Waals surface area contributed by atoms with Crippen molar-refractivity contribution in [3.8, 4) is 0 Å². The van der Waals surface area contributed by atoms with Crippen LogP contribution in [-0.2, 0) is 0 Å². The lowest BCUT2D eigenvalue weighted by atomic mass is 10.0. The van der Waals surface area contributed by atoms with E-state index in [1.165, 1.54) is 22.7 Å². The van der Waals surface area contributed by atoms with Crippen LogP contribution in [0.15, 0.2) is 23.2 Å². The molecule has 1 nitrogen and oxygen atoms in total. The minimum Gasteiger partial charge on any atom is -0.271 e. The summed E-state index contributed by atoms with van der Waals surface area (Å²) >= 11 is 1.76. The number of hydrogen-bond acceptors (Lipinski definition) is 2. The molecule has 1 aliphatic rings. The summed E-state index contributed by atoms with van der Waals surface area (Å²) in [7, 11) is 0. The molecule has 1 heterocycles. The first-order valence-electron chi connectivity index (χ1n) is 4.35. The Kier molecular flexibility index (Phi) is 2.40. The maximum Gasteiger partial charge on any atom is 0.126 e. The van der Waals surface area contributed by atoms with Crippen LogP contribution in [0.4, 0.5) is 0 Å². The number of nitrogens with zero attached hydrogens (tertiary/aromatic N) is 1. The van der Waals surface area contributed by atoms with Crippen LogP contribution in [0.3, 0.4) is 0 Å². The maximum absolute atomic E-state index is 4.33. The molecule has 0 spiro atoms. The van der Waals surface area contributed by atoms with Crippen LogP contribution in [-0.4, -0.2) is 11.3 Å². The monoisotopic (exact) mass is 190 g/mol. The maximum atomic E-state index is 4.33. The van der Waals surface area contributed by atoms with E-state index in [4.69, 9.17) is 0 Å². The van der Waals surface area contributed by atoms with E-state index in [0.717, 1.165) is 5.75 Å². The Labute approximate surface area is 83.3 Å². The van der Waals surface area contributed by atoms with Gasteiger partial charge in [0.25, 0.3) is 0 Å². The lowest BCUT2D eigenvalue weighted by Crippen LogP contribution is -1.96. The fraction of sp³-hybridized carbons (Fsp3) is 0.273. The average Bonchev–Trinajstić information content (AvgIpc) is 2.62. The van der Waals surface area contributed by atoms with Gasteiger partial charge in [0, 0.05) is 5.75 Å². The van der Waals surface area contributed by atoms with E-state index in [9.17, 15) is 0 Å². The summed E-state index contributed by atoms with van der Waals surface area (Å²) in [4.78, 5) is 4.33. The number of thioether (sulfide) groups is 1. The molecule has 0 unspecified atom stereocenters. The molecule has 0 amide bonds. The topological polar surface area (TPSA) is 12.4 Å². The number of aryl methyl sites for hydroxylation is 2. The highest BCUT2D eigenvalue weighted by Crippen LogP contribution is 2.26. The minimum atomic E-state index is 1.02. The number of benzene rings is 1. The highest BCUT2D eigenvalue weighted by atomic mass is 32.2. The molecule has 2 heteroatoms. The standard InChI is InChI=1S/C11H12NS/c1-8-3-4-10(5-9(8)2)11-6-13-7-12-11/h3-5,7H,6H2,1-2H3. The number of hydrogen-bond donors (Lipinski definition) is 0. The first-order valence-corrected chi connectivity index (χ1v) is 5.40. The van der Waals surface area contributed by atoms with Gasteiger partial charge in [-0.2, -0.15) is 0 Å². The van der Waals surface area contributed by atoms with Crippen molar-refractivity contribution in [2.24, 2.45) is 4.99 Å². The molecule has 0 bridgehead atoms.